The molecule has 0 spiro atoms. The molecule has 3 rings (SSSR count). The van der Waals surface area contributed by atoms with Gasteiger partial charge in [0.2, 0.25) is 5.91 Å². The lowest BCUT2D eigenvalue weighted by Crippen LogP contribution is -2.14. The molecule has 0 aromatic carbocycles. The van der Waals surface area contributed by atoms with Gasteiger partial charge in [0.15, 0.2) is 5.13 Å². The van der Waals surface area contributed by atoms with Crippen molar-refractivity contribution < 1.29 is 4.79 Å². The van der Waals surface area contributed by atoms with E-state index in [0.717, 1.165) is 31.4 Å². The van der Waals surface area contributed by atoms with Gasteiger partial charge in [-0.1, -0.05) is 24.6 Å². The number of thiazole rings is 1. The van der Waals surface area contributed by atoms with Crippen molar-refractivity contribution in [2.45, 2.75) is 43.6 Å². The van der Waals surface area contributed by atoms with Gasteiger partial charge in [0.25, 0.3) is 0 Å². The van der Waals surface area contributed by atoms with Crippen molar-refractivity contribution >= 4 is 34.1 Å². The van der Waals surface area contributed by atoms with Crippen LogP contribution in [0.5, 0.6) is 0 Å². The van der Waals surface area contributed by atoms with Gasteiger partial charge in [-0.15, -0.1) is 11.3 Å². The van der Waals surface area contributed by atoms with Crippen molar-refractivity contribution in [2.75, 3.05) is 11.1 Å². The smallest absolute Gasteiger partial charge is 0.236 e. The van der Waals surface area contributed by atoms with E-state index >= 15 is 0 Å². The van der Waals surface area contributed by atoms with E-state index in [1.54, 1.807) is 6.20 Å². The number of pyridine rings is 1. The standard InChI is InChI=1S/C17H18N4OS2/c18-10-13-9-12-5-3-1-2-4-6-14(12)20-16(13)24-11-15(22)21-17-19-7-8-23-17/h7-9H,1-6,11H2,(H,19,21,22). The monoisotopic (exact) mass is 358 g/mol. The van der Waals surface area contributed by atoms with Gasteiger partial charge in [0.1, 0.15) is 11.1 Å². The molecule has 124 valence electrons. The minimum Gasteiger partial charge on any atom is -0.301 e. The Morgan fingerprint density at radius 2 is 2.17 bits per heavy atom. The van der Waals surface area contributed by atoms with Crippen molar-refractivity contribution in [1.82, 2.24) is 9.97 Å². The number of anilines is 1. The van der Waals surface area contributed by atoms with Gasteiger partial charge < -0.3 is 5.32 Å². The second kappa shape index (κ2) is 8.27. The van der Waals surface area contributed by atoms with Crippen LogP contribution in [0.3, 0.4) is 0 Å². The van der Waals surface area contributed by atoms with E-state index in [2.05, 4.69) is 16.4 Å². The molecule has 0 saturated carbocycles. The molecule has 2 aromatic rings. The Bertz CT molecular complexity index is 753. The van der Waals surface area contributed by atoms with Gasteiger partial charge in [-0.3, -0.25) is 4.79 Å². The van der Waals surface area contributed by atoms with E-state index in [9.17, 15) is 10.1 Å². The van der Waals surface area contributed by atoms with E-state index in [1.807, 2.05) is 11.4 Å². The van der Waals surface area contributed by atoms with E-state index in [1.165, 1.54) is 41.5 Å². The number of nitrogens with zero attached hydrogens (tertiary/aromatic N) is 3. The van der Waals surface area contributed by atoms with E-state index < -0.39 is 0 Å². The number of hydrogen-bond acceptors (Lipinski definition) is 6. The van der Waals surface area contributed by atoms with Crippen LogP contribution in [-0.2, 0) is 17.6 Å². The molecule has 0 bridgehead atoms. The first-order valence-corrected chi connectivity index (χ1v) is 9.88. The lowest BCUT2D eigenvalue weighted by Gasteiger charge is -2.15. The highest BCUT2D eigenvalue weighted by Crippen LogP contribution is 2.26. The summed E-state index contributed by atoms with van der Waals surface area (Å²) in [6.45, 7) is 0. The van der Waals surface area contributed by atoms with Crippen molar-refractivity contribution in [3.8, 4) is 6.07 Å². The van der Waals surface area contributed by atoms with Crippen LogP contribution in [0.1, 0.15) is 42.5 Å². The molecule has 1 N–H and O–H groups in total. The second-order valence-corrected chi connectivity index (χ2v) is 7.51. The Morgan fingerprint density at radius 3 is 2.92 bits per heavy atom. The normalized spacial score (nSPS) is 14.1. The number of thioether (sulfide) groups is 1. The fraction of sp³-hybridized carbons (Fsp3) is 0.412. The maximum atomic E-state index is 12.0. The average molecular weight is 358 g/mol. The topological polar surface area (TPSA) is 78.7 Å². The third kappa shape index (κ3) is 4.34. The van der Waals surface area contributed by atoms with Gasteiger partial charge in [0, 0.05) is 17.3 Å². The summed E-state index contributed by atoms with van der Waals surface area (Å²) in [5.41, 5.74) is 2.86. The van der Waals surface area contributed by atoms with Crippen LogP contribution in [0.15, 0.2) is 22.7 Å². The van der Waals surface area contributed by atoms with Crippen molar-refractivity contribution in [1.29, 1.82) is 5.26 Å². The molecule has 0 radical (unpaired) electrons. The van der Waals surface area contributed by atoms with Crippen LogP contribution in [0.4, 0.5) is 5.13 Å². The minimum atomic E-state index is -0.132. The Hall–Kier alpha value is -1.91. The minimum absolute atomic E-state index is 0.132. The molecule has 0 atom stereocenters. The molecular weight excluding hydrogens is 340 g/mol. The van der Waals surface area contributed by atoms with Crippen LogP contribution >= 0.6 is 23.1 Å². The van der Waals surface area contributed by atoms with Gasteiger partial charge in [-0.2, -0.15) is 5.26 Å². The predicted molar refractivity (Wildman–Crippen MR) is 96.3 cm³/mol. The molecule has 1 aliphatic carbocycles. The summed E-state index contributed by atoms with van der Waals surface area (Å²) in [6, 6.07) is 4.19. The number of carbonyl (C=O) groups excluding carboxylic acids is 1. The summed E-state index contributed by atoms with van der Waals surface area (Å²) in [4.78, 5) is 20.7. The summed E-state index contributed by atoms with van der Waals surface area (Å²) in [6.07, 6.45) is 8.38. The Labute approximate surface area is 149 Å². The Balaban J connectivity index is 1.71. The third-order valence-corrected chi connectivity index (χ3v) is 5.58. The van der Waals surface area contributed by atoms with Gasteiger partial charge in [-0.25, -0.2) is 9.97 Å². The highest BCUT2D eigenvalue weighted by atomic mass is 32.2. The SMILES string of the molecule is N#Cc1cc2c(nc1SCC(=O)Nc1nccs1)CCCCCC2. The quantitative estimate of drug-likeness (QED) is 0.841. The number of aromatic nitrogens is 2. The lowest BCUT2D eigenvalue weighted by atomic mass is 9.96. The number of nitriles is 1. The maximum absolute atomic E-state index is 12.0. The van der Waals surface area contributed by atoms with Crippen LogP contribution in [0.25, 0.3) is 0 Å². The second-order valence-electron chi connectivity index (χ2n) is 5.65. The molecule has 0 fully saturated rings. The van der Waals surface area contributed by atoms with Crippen LogP contribution in [0, 0.1) is 11.3 Å². The van der Waals surface area contributed by atoms with Gasteiger partial charge >= 0.3 is 0 Å². The zero-order chi connectivity index (χ0) is 16.8. The highest BCUT2D eigenvalue weighted by Gasteiger charge is 2.15. The predicted octanol–water partition coefficient (Wildman–Crippen LogP) is 3.80. The first-order chi connectivity index (χ1) is 11.8. The molecule has 0 unspecified atom stereocenters. The zero-order valence-electron chi connectivity index (χ0n) is 13.2. The number of hydrogen-bond donors (Lipinski definition) is 1. The van der Waals surface area contributed by atoms with Crippen molar-refractivity contribution in [3.05, 3.63) is 34.5 Å². The van der Waals surface area contributed by atoms with Crippen molar-refractivity contribution in [3.63, 3.8) is 0 Å². The fourth-order valence-electron chi connectivity index (χ4n) is 2.73. The number of carbonyl (C=O) groups is 1. The summed E-state index contributed by atoms with van der Waals surface area (Å²) in [5.74, 6) is 0.0902. The molecular formula is C17H18N4OS2. The fourth-order valence-corrected chi connectivity index (χ4v) is 4.05. The third-order valence-electron chi connectivity index (χ3n) is 3.90. The van der Waals surface area contributed by atoms with E-state index in [4.69, 9.17) is 4.98 Å². The summed E-state index contributed by atoms with van der Waals surface area (Å²) >= 11 is 2.70. The maximum Gasteiger partial charge on any atom is 0.236 e. The van der Waals surface area contributed by atoms with Crippen LogP contribution in [0.2, 0.25) is 0 Å². The average Bonchev–Trinajstić information content (AvgIpc) is 3.06. The lowest BCUT2D eigenvalue weighted by molar-refractivity contribution is -0.113. The van der Waals surface area contributed by atoms with E-state index in [0.29, 0.717) is 15.7 Å². The first kappa shape index (κ1) is 16.9. The molecule has 24 heavy (non-hydrogen) atoms. The Morgan fingerprint density at radius 1 is 1.33 bits per heavy atom. The van der Waals surface area contributed by atoms with Crippen molar-refractivity contribution in [2.24, 2.45) is 0 Å². The molecule has 0 saturated heterocycles. The van der Waals surface area contributed by atoms with Crippen LogP contribution < -0.4 is 5.32 Å². The highest BCUT2D eigenvalue weighted by molar-refractivity contribution is 8.00. The summed E-state index contributed by atoms with van der Waals surface area (Å²) in [7, 11) is 0. The molecule has 1 amide bonds. The largest absolute Gasteiger partial charge is 0.301 e. The van der Waals surface area contributed by atoms with Crippen LogP contribution in [-0.4, -0.2) is 21.6 Å². The first-order valence-electron chi connectivity index (χ1n) is 8.01. The molecule has 2 aromatic heterocycles. The number of rotatable bonds is 4. The number of amides is 1. The molecule has 7 heteroatoms. The molecule has 2 heterocycles. The number of nitrogens with one attached hydrogen (secondary N) is 1. The molecule has 5 nitrogen and oxygen atoms in total. The molecule has 1 aliphatic rings. The summed E-state index contributed by atoms with van der Waals surface area (Å²) in [5, 5.41) is 15.2. The van der Waals surface area contributed by atoms with E-state index in [-0.39, 0.29) is 11.7 Å². The number of aryl methyl sites for hydroxylation is 2. The summed E-state index contributed by atoms with van der Waals surface area (Å²) < 4.78 is 0. The molecule has 0 aliphatic heterocycles. The Kier molecular flexibility index (Phi) is 5.83. The zero-order valence-corrected chi connectivity index (χ0v) is 14.9. The van der Waals surface area contributed by atoms with Gasteiger partial charge in [-0.05, 0) is 37.3 Å². The van der Waals surface area contributed by atoms with Gasteiger partial charge in [0.05, 0.1) is 11.3 Å². The number of fused-ring (bicyclic) bond motifs is 1.